The molecule has 21 heavy (non-hydrogen) atoms. The number of imidazole rings is 1. The van der Waals surface area contributed by atoms with Crippen molar-refractivity contribution in [3.05, 3.63) is 41.3 Å². The number of anilines is 1. The summed E-state index contributed by atoms with van der Waals surface area (Å²) in [6.07, 6.45) is 3.39. The Morgan fingerprint density at radius 2 is 2.19 bits per heavy atom. The second-order valence-corrected chi connectivity index (χ2v) is 4.91. The van der Waals surface area contributed by atoms with Gasteiger partial charge < -0.3 is 15.6 Å². The van der Waals surface area contributed by atoms with Crippen molar-refractivity contribution >= 4 is 23.1 Å². The number of rotatable bonds is 3. The fraction of sp³-hybridized carbons (Fsp3) is 0.143. The number of nitrogens with zero attached hydrogens (tertiary/aromatic N) is 3. The average molecular weight is 305 g/mol. The molecule has 0 saturated heterocycles. The highest BCUT2D eigenvalue weighted by Gasteiger charge is 2.13. The Balaban J connectivity index is 2.19. The molecule has 3 rings (SSSR count). The summed E-state index contributed by atoms with van der Waals surface area (Å²) in [4.78, 5) is 8.49. The van der Waals surface area contributed by atoms with Crippen molar-refractivity contribution < 1.29 is 9.84 Å². The molecule has 0 saturated carbocycles. The van der Waals surface area contributed by atoms with Crippen molar-refractivity contribution in [2.24, 2.45) is 0 Å². The summed E-state index contributed by atoms with van der Waals surface area (Å²) in [5, 5.41) is 10.0. The predicted octanol–water partition coefficient (Wildman–Crippen LogP) is 2.13. The Morgan fingerprint density at radius 3 is 2.90 bits per heavy atom. The summed E-state index contributed by atoms with van der Waals surface area (Å²) < 4.78 is 6.91. The van der Waals surface area contributed by atoms with Crippen molar-refractivity contribution in [3.8, 4) is 17.0 Å². The van der Waals surface area contributed by atoms with Gasteiger partial charge in [0.05, 0.1) is 24.4 Å². The molecule has 0 bridgehead atoms. The Hall–Kier alpha value is -2.31. The first-order valence-electron chi connectivity index (χ1n) is 6.20. The van der Waals surface area contributed by atoms with Gasteiger partial charge in [0.25, 0.3) is 0 Å². The minimum Gasteiger partial charge on any atom is -0.495 e. The van der Waals surface area contributed by atoms with Crippen molar-refractivity contribution in [3.63, 3.8) is 0 Å². The molecule has 0 aliphatic rings. The van der Waals surface area contributed by atoms with Crippen LogP contribution >= 0.6 is 11.6 Å². The van der Waals surface area contributed by atoms with Gasteiger partial charge >= 0.3 is 0 Å². The van der Waals surface area contributed by atoms with Gasteiger partial charge in [0.2, 0.25) is 0 Å². The molecule has 3 aromatic rings. The van der Waals surface area contributed by atoms with Crippen LogP contribution in [-0.4, -0.2) is 26.6 Å². The van der Waals surface area contributed by atoms with Gasteiger partial charge in [-0.1, -0.05) is 11.6 Å². The predicted molar refractivity (Wildman–Crippen MR) is 80.3 cm³/mol. The van der Waals surface area contributed by atoms with Gasteiger partial charge in [-0.15, -0.1) is 0 Å². The quantitative estimate of drug-likeness (QED) is 0.774. The van der Waals surface area contributed by atoms with E-state index in [4.69, 9.17) is 22.1 Å². The number of nitrogen functional groups attached to an aromatic ring is 1. The van der Waals surface area contributed by atoms with E-state index < -0.39 is 0 Å². The first-order chi connectivity index (χ1) is 10.1. The average Bonchev–Trinajstić information content (AvgIpc) is 2.89. The Labute approximate surface area is 125 Å². The highest BCUT2D eigenvalue weighted by molar-refractivity contribution is 6.32. The van der Waals surface area contributed by atoms with Gasteiger partial charge in [0.1, 0.15) is 23.5 Å². The maximum atomic E-state index is 9.54. The highest BCUT2D eigenvalue weighted by atomic mass is 35.5. The summed E-state index contributed by atoms with van der Waals surface area (Å²) >= 11 is 6.16. The van der Waals surface area contributed by atoms with Gasteiger partial charge in [-0.2, -0.15) is 0 Å². The number of nitrogens with two attached hydrogens (primary N) is 1. The van der Waals surface area contributed by atoms with Crippen LogP contribution < -0.4 is 10.5 Å². The molecule has 1 aromatic carbocycles. The number of hydrogen-bond donors (Lipinski definition) is 2. The molecule has 2 heterocycles. The number of aliphatic hydroxyl groups is 1. The summed E-state index contributed by atoms with van der Waals surface area (Å²) in [7, 11) is 1.53. The van der Waals surface area contributed by atoms with E-state index in [2.05, 4.69) is 9.97 Å². The molecule has 108 valence electrons. The molecular weight excluding hydrogens is 292 g/mol. The maximum Gasteiger partial charge on any atom is 0.142 e. The van der Waals surface area contributed by atoms with E-state index in [1.165, 1.54) is 7.11 Å². The van der Waals surface area contributed by atoms with Crippen LogP contribution in [-0.2, 0) is 6.61 Å². The van der Waals surface area contributed by atoms with E-state index in [0.29, 0.717) is 33.5 Å². The van der Waals surface area contributed by atoms with Gasteiger partial charge in [0.15, 0.2) is 0 Å². The fourth-order valence-electron chi connectivity index (χ4n) is 2.16. The van der Waals surface area contributed by atoms with E-state index in [0.717, 1.165) is 5.56 Å². The lowest BCUT2D eigenvalue weighted by Crippen LogP contribution is -1.93. The smallest absolute Gasteiger partial charge is 0.142 e. The van der Waals surface area contributed by atoms with E-state index in [1.54, 1.807) is 35.1 Å². The van der Waals surface area contributed by atoms with Gasteiger partial charge in [-0.25, -0.2) is 9.97 Å². The first-order valence-corrected chi connectivity index (χ1v) is 6.58. The largest absolute Gasteiger partial charge is 0.495 e. The minimum atomic E-state index is -0.142. The van der Waals surface area contributed by atoms with Crippen LogP contribution in [0.1, 0.15) is 5.56 Å². The number of aromatic nitrogens is 3. The van der Waals surface area contributed by atoms with E-state index in [-0.39, 0.29) is 6.61 Å². The number of benzene rings is 1. The second-order valence-electron chi connectivity index (χ2n) is 4.51. The molecule has 6 nitrogen and oxygen atoms in total. The Bertz CT molecular complexity index is 816. The van der Waals surface area contributed by atoms with Crippen molar-refractivity contribution in [1.29, 1.82) is 0 Å². The molecule has 0 atom stereocenters. The lowest BCUT2D eigenvalue weighted by atomic mass is 10.1. The number of aliphatic hydroxyl groups excluding tert-OH is 1. The summed E-state index contributed by atoms with van der Waals surface area (Å²) in [5.74, 6) is 0.911. The summed E-state index contributed by atoms with van der Waals surface area (Å²) in [5.41, 5.74) is 8.42. The lowest BCUT2D eigenvalue weighted by molar-refractivity contribution is 0.281. The van der Waals surface area contributed by atoms with Crippen LogP contribution in [0.15, 0.2) is 30.7 Å². The molecule has 0 fully saturated rings. The third-order valence-electron chi connectivity index (χ3n) is 3.19. The van der Waals surface area contributed by atoms with Crippen LogP contribution in [0.5, 0.6) is 5.75 Å². The van der Waals surface area contributed by atoms with Crippen LogP contribution in [0.4, 0.5) is 5.82 Å². The van der Waals surface area contributed by atoms with E-state index >= 15 is 0 Å². The molecular formula is C14H13ClN4O2. The number of ether oxygens (including phenoxy) is 1. The molecule has 3 N–H and O–H groups in total. The Kier molecular flexibility index (Phi) is 3.40. The molecule has 0 unspecified atom stereocenters. The molecule has 2 aromatic heterocycles. The number of fused-ring (bicyclic) bond motifs is 1. The molecule has 0 spiro atoms. The second kappa shape index (κ2) is 5.23. The maximum absolute atomic E-state index is 9.54. The van der Waals surface area contributed by atoms with Crippen molar-refractivity contribution in [1.82, 2.24) is 14.4 Å². The molecule has 0 aliphatic heterocycles. The van der Waals surface area contributed by atoms with Crippen LogP contribution in [0.25, 0.3) is 16.9 Å². The zero-order valence-electron chi connectivity index (χ0n) is 11.2. The zero-order valence-corrected chi connectivity index (χ0v) is 12.0. The normalized spacial score (nSPS) is 11.0. The third kappa shape index (κ3) is 2.39. The number of methoxy groups -OCH3 is 1. The van der Waals surface area contributed by atoms with Gasteiger partial charge in [-0.3, -0.25) is 4.40 Å². The third-order valence-corrected chi connectivity index (χ3v) is 3.49. The van der Waals surface area contributed by atoms with Crippen LogP contribution in [0, 0.1) is 0 Å². The summed E-state index contributed by atoms with van der Waals surface area (Å²) in [6, 6.07) is 5.10. The monoisotopic (exact) mass is 304 g/mol. The SMILES string of the molecule is COc1cc(CO)c(-c2cn3cnc(N)cc3n2)cc1Cl. The zero-order chi connectivity index (χ0) is 15.0. The van der Waals surface area contributed by atoms with Crippen LogP contribution in [0.3, 0.4) is 0 Å². The molecule has 7 heteroatoms. The fourth-order valence-corrected chi connectivity index (χ4v) is 2.40. The topological polar surface area (TPSA) is 85.7 Å². The van der Waals surface area contributed by atoms with Crippen LogP contribution in [0.2, 0.25) is 5.02 Å². The van der Waals surface area contributed by atoms with Crippen molar-refractivity contribution in [2.45, 2.75) is 6.61 Å². The van der Waals surface area contributed by atoms with E-state index in [1.807, 2.05) is 0 Å². The molecule has 0 aliphatic carbocycles. The standard InChI is InChI=1S/C14H13ClN4O2/c1-21-12-2-8(6-20)9(3-10(12)15)11-5-19-7-17-13(16)4-14(19)18-11/h2-5,7,20H,6,16H2,1H3. The number of hydrogen-bond acceptors (Lipinski definition) is 5. The molecule has 0 amide bonds. The first kappa shape index (κ1) is 13.7. The lowest BCUT2D eigenvalue weighted by Gasteiger charge is -2.09. The Morgan fingerprint density at radius 1 is 1.38 bits per heavy atom. The summed E-state index contributed by atoms with van der Waals surface area (Å²) in [6.45, 7) is -0.142. The highest BCUT2D eigenvalue weighted by Crippen LogP contribution is 2.33. The number of halogens is 1. The van der Waals surface area contributed by atoms with E-state index in [9.17, 15) is 5.11 Å². The van der Waals surface area contributed by atoms with Gasteiger partial charge in [-0.05, 0) is 17.7 Å². The van der Waals surface area contributed by atoms with Crippen molar-refractivity contribution in [2.75, 3.05) is 12.8 Å². The molecule has 0 radical (unpaired) electrons. The minimum absolute atomic E-state index is 0.142. The van der Waals surface area contributed by atoms with Gasteiger partial charge in [0, 0.05) is 17.8 Å².